The fourth-order valence-electron chi connectivity index (χ4n) is 1.37. The molecule has 1 aromatic rings. The Balaban J connectivity index is 2.73. The lowest BCUT2D eigenvalue weighted by Crippen LogP contribution is -2.18. The third kappa shape index (κ3) is 1.35. The first-order valence-corrected chi connectivity index (χ1v) is 4.76. The minimum Gasteiger partial charge on any atom is -0.361 e. The van der Waals surface area contributed by atoms with Gasteiger partial charge in [0.25, 0.3) is 5.78 Å². The maximum atomic E-state index is 11.3. The summed E-state index contributed by atoms with van der Waals surface area (Å²) in [4.78, 5) is 14.3. The fourth-order valence-corrected chi connectivity index (χ4v) is 1.75. The van der Waals surface area contributed by atoms with Gasteiger partial charge < -0.3 is 5.53 Å². The van der Waals surface area contributed by atoms with Crippen molar-refractivity contribution in [2.24, 2.45) is 0 Å². The molecule has 1 aliphatic rings. The molecule has 0 fully saturated rings. The van der Waals surface area contributed by atoms with Crippen molar-refractivity contribution in [1.82, 2.24) is 0 Å². The van der Waals surface area contributed by atoms with E-state index in [1.807, 2.05) is 6.07 Å². The number of carbonyl (C=O) groups is 1. The van der Waals surface area contributed by atoms with Crippen LogP contribution in [0.5, 0.6) is 0 Å². The number of ketones is 1. The Morgan fingerprint density at radius 2 is 2.07 bits per heavy atom. The van der Waals surface area contributed by atoms with Crippen LogP contribution in [-0.2, 0) is 4.79 Å². The molecule has 4 heteroatoms. The second-order valence-electron chi connectivity index (χ2n) is 2.88. The molecule has 0 atom stereocenters. The van der Waals surface area contributed by atoms with Crippen molar-refractivity contribution in [2.75, 3.05) is 0 Å². The van der Waals surface area contributed by atoms with E-state index >= 15 is 0 Å². The average Bonchev–Trinajstić information content (AvgIpc) is 2.18. The number of halogens is 1. The molecule has 1 aliphatic carbocycles. The number of fused-ring (bicyclic) bond motifs is 1. The summed E-state index contributed by atoms with van der Waals surface area (Å²) in [6.45, 7) is 0. The zero-order valence-corrected chi connectivity index (χ0v) is 8.65. The van der Waals surface area contributed by atoms with Crippen LogP contribution in [0.4, 0.5) is 0 Å². The van der Waals surface area contributed by atoms with Crippen molar-refractivity contribution >= 4 is 33.5 Å². The van der Waals surface area contributed by atoms with Crippen LogP contribution in [0, 0.1) is 0 Å². The van der Waals surface area contributed by atoms with Gasteiger partial charge in [-0.25, -0.2) is 0 Å². The van der Waals surface area contributed by atoms with Gasteiger partial charge >= 0.3 is 5.71 Å². The molecule has 3 nitrogen and oxygen atoms in total. The van der Waals surface area contributed by atoms with E-state index in [-0.39, 0.29) is 11.5 Å². The van der Waals surface area contributed by atoms with Gasteiger partial charge in [0.2, 0.25) is 0 Å². The molecule has 68 valence electrons. The molecule has 0 saturated carbocycles. The van der Waals surface area contributed by atoms with E-state index in [0.29, 0.717) is 5.56 Å². The lowest BCUT2D eigenvalue weighted by Gasteiger charge is -2.05. The van der Waals surface area contributed by atoms with E-state index in [4.69, 9.17) is 5.53 Å². The summed E-state index contributed by atoms with van der Waals surface area (Å²) in [5.41, 5.74) is 10.3. The Bertz CT molecular complexity index is 499. The Morgan fingerprint density at radius 3 is 2.79 bits per heavy atom. The maximum Gasteiger partial charge on any atom is 0.369 e. The highest BCUT2D eigenvalue weighted by molar-refractivity contribution is 9.10. The summed E-state index contributed by atoms with van der Waals surface area (Å²) in [7, 11) is 0. The van der Waals surface area contributed by atoms with E-state index in [0.717, 1.165) is 10.0 Å². The predicted molar refractivity (Wildman–Crippen MR) is 55.9 cm³/mol. The number of rotatable bonds is 0. The van der Waals surface area contributed by atoms with Gasteiger partial charge in [-0.15, -0.1) is 0 Å². The number of nitrogens with zero attached hydrogens (tertiary/aromatic N) is 2. The van der Waals surface area contributed by atoms with Gasteiger partial charge in [0.05, 0.1) is 5.56 Å². The molecule has 0 heterocycles. The summed E-state index contributed by atoms with van der Waals surface area (Å²) >= 11 is 3.33. The lowest BCUT2D eigenvalue weighted by atomic mass is 9.95. The van der Waals surface area contributed by atoms with Gasteiger partial charge in [0.15, 0.2) is 0 Å². The van der Waals surface area contributed by atoms with E-state index in [1.54, 1.807) is 18.2 Å². The topological polar surface area (TPSA) is 53.5 Å². The molecule has 0 radical (unpaired) electrons. The first-order valence-electron chi connectivity index (χ1n) is 3.97. The molecule has 0 bridgehead atoms. The summed E-state index contributed by atoms with van der Waals surface area (Å²) in [5, 5.41) is 0. The smallest absolute Gasteiger partial charge is 0.361 e. The lowest BCUT2D eigenvalue weighted by molar-refractivity contribution is -0.112. The van der Waals surface area contributed by atoms with E-state index in [1.165, 1.54) is 6.08 Å². The molecular weight excluding hydrogens is 244 g/mol. The van der Waals surface area contributed by atoms with Crippen LogP contribution in [0.2, 0.25) is 0 Å². The molecule has 0 spiro atoms. The highest BCUT2D eigenvalue weighted by Gasteiger charge is 2.26. The summed E-state index contributed by atoms with van der Waals surface area (Å²) in [6.07, 6.45) is 3.10. The van der Waals surface area contributed by atoms with Crippen molar-refractivity contribution in [2.45, 2.75) is 0 Å². The third-order valence-electron chi connectivity index (χ3n) is 2.02. The number of allylic oxidation sites excluding steroid dienone is 1. The van der Waals surface area contributed by atoms with Crippen LogP contribution >= 0.6 is 15.9 Å². The van der Waals surface area contributed by atoms with Gasteiger partial charge in [-0.1, -0.05) is 15.9 Å². The van der Waals surface area contributed by atoms with Crippen LogP contribution in [0.15, 0.2) is 28.7 Å². The van der Waals surface area contributed by atoms with Gasteiger partial charge in [-0.05, 0) is 35.9 Å². The second-order valence-corrected chi connectivity index (χ2v) is 3.79. The maximum absolute atomic E-state index is 11.3. The standard InChI is InChI=1S/C10H5BrN2O/c11-7-2-3-8-6(5-7)1-4-9(14)10(8)13-12/h1-5H. The molecule has 1 aromatic carbocycles. The minimum absolute atomic E-state index is 0.0926. The highest BCUT2D eigenvalue weighted by Crippen LogP contribution is 2.21. The van der Waals surface area contributed by atoms with Gasteiger partial charge in [0.1, 0.15) is 0 Å². The van der Waals surface area contributed by atoms with E-state index < -0.39 is 0 Å². The van der Waals surface area contributed by atoms with Crippen LogP contribution in [-0.4, -0.2) is 16.3 Å². The molecule has 14 heavy (non-hydrogen) atoms. The van der Waals surface area contributed by atoms with Gasteiger partial charge in [-0.3, -0.25) is 4.79 Å². The molecular formula is C10H5BrN2O. The SMILES string of the molecule is [N-]=[N+]=C1C(=O)C=Cc2cc(Br)ccc21. The molecule has 0 aliphatic heterocycles. The number of hydrogen-bond donors (Lipinski definition) is 0. The van der Waals surface area contributed by atoms with Crippen LogP contribution in [0.25, 0.3) is 11.6 Å². The quantitative estimate of drug-likeness (QED) is 0.512. The van der Waals surface area contributed by atoms with Crippen molar-refractivity contribution in [3.8, 4) is 0 Å². The summed E-state index contributed by atoms with van der Waals surface area (Å²) in [5.74, 6) is -0.276. The number of hydrogen-bond acceptors (Lipinski definition) is 1. The monoisotopic (exact) mass is 248 g/mol. The first-order chi connectivity index (χ1) is 6.72. The predicted octanol–water partition coefficient (Wildman–Crippen LogP) is 2.06. The summed E-state index contributed by atoms with van der Waals surface area (Å²) in [6, 6.07) is 5.41. The molecule has 0 unspecified atom stereocenters. The van der Waals surface area contributed by atoms with Crippen molar-refractivity contribution in [3.05, 3.63) is 45.4 Å². The molecule has 0 N–H and O–H groups in total. The highest BCUT2D eigenvalue weighted by atomic mass is 79.9. The van der Waals surface area contributed by atoms with Crippen LogP contribution in [0.3, 0.4) is 0 Å². The zero-order valence-electron chi connectivity index (χ0n) is 7.07. The molecule has 0 aromatic heterocycles. The first kappa shape index (κ1) is 9.06. The molecule has 0 saturated heterocycles. The molecule has 2 rings (SSSR count). The number of benzene rings is 1. The summed E-state index contributed by atoms with van der Waals surface area (Å²) < 4.78 is 0.924. The molecule has 0 amide bonds. The van der Waals surface area contributed by atoms with E-state index in [9.17, 15) is 4.79 Å². The Kier molecular flexibility index (Phi) is 2.15. The van der Waals surface area contributed by atoms with Crippen molar-refractivity contribution < 1.29 is 9.58 Å². The normalized spacial score (nSPS) is 13.8. The largest absolute Gasteiger partial charge is 0.369 e. The Morgan fingerprint density at radius 1 is 1.29 bits per heavy atom. The van der Waals surface area contributed by atoms with E-state index in [2.05, 4.69) is 20.7 Å². The van der Waals surface area contributed by atoms with Gasteiger partial charge in [0, 0.05) is 4.47 Å². The van der Waals surface area contributed by atoms with Crippen LogP contribution in [0.1, 0.15) is 11.1 Å². The van der Waals surface area contributed by atoms with Crippen molar-refractivity contribution in [1.29, 1.82) is 0 Å². The van der Waals surface area contributed by atoms with Crippen LogP contribution < -0.4 is 0 Å². The zero-order chi connectivity index (χ0) is 10.1. The Labute approximate surface area is 88.8 Å². The fraction of sp³-hybridized carbons (Fsp3) is 0. The third-order valence-corrected chi connectivity index (χ3v) is 2.51. The van der Waals surface area contributed by atoms with Gasteiger partial charge in [-0.2, -0.15) is 4.79 Å². The minimum atomic E-state index is -0.276. The Hall–Kier alpha value is -1.51. The second kappa shape index (κ2) is 3.33. The van der Waals surface area contributed by atoms with Crippen molar-refractivity contribution in [3.63, 3.8) is 0 Å². The number of carbonyl (C=O) groups excluding carboxylic acids is 1. The average molecular weight is 249 g/mol.